The second kappa shape index (κ2) is 9.21. The van der Waals surface area contributed by atoms with E-state index in [2.05, 4.69) is 30.9 Å². The molecule has 1 aliphatic heterocycles. The van der Waals surface area contributed by atoms with Gasteiger partial charge in [0.25, 0.3) is 0 Å². The van der Waals surface area contributed by atoms with E-state index in [9.17, 15) is 4.79 Å². The fourth-order valence-electron chi connectivity index (χ4n) is 3.87. The first-order chi connectivity index (χ1) is 13.7. The Morgan fingerprint density at radius 1 is 1.24 bits per heavy atom. The molecule has 160 valence electrons. The van der Waals surface area contributed by atoms with Crippen LogP contribution in [0.4, 0.5) is 4.79 Å². The van der Waals surface area contributed by atoms with E-state index in [1.54, 1.807) is 0 Å². The Morgan fingerprint density at radius 2 is 1.93 bits per heavy atom. The number of piperidine rings is 1. The standard InChI is InChI=1S/C24H36N2O3/c1-18(2)10-13-26(17-21-16-19-8-6-7-9-22(19)28-21)20-11-14-25(15-12-20)23(27)29-24(3,4)5/h6-9,16,18,20H,10-15,17H2,1-5H3. The van der Waals surface area contributed by atoms with Gasteiger partial charge in [0, 0.05) is 24.5 Å². The molecule has 2 aromatic rings. The van der Waals surface area contributed by atoms with E-state index in [1.807, 2.05) is 43.9 Å². The minimum absolute atomic E-state index is 0.193. The quantitative estimate of drug-likeness (QED) is 0.626. The summed E-state index contributed by atoms with van der Waals surface area (Å²) < 4.78 is 11.6. The monoisotopic (exact) mass is 400 g/mol. The predicted octanol–water partition coefficient (Wildman–Crippen LogP) is 5.68. The average molecular weight is 401 g/mol. The van der Waals surface area contributed by atoms with Crippen LogP contribution in [0.15, 0.2) is 34.7 Å². The zero-order chi connectivity index (χ0) is 21.0. The fourth-order valence-corrected chi connectivity index (χ4v) is 3.87. The Morgan fingerprint density at radius 3 is 2.55 bits per heavy atom. The van der Waals surface area contributed by atoms with Crippen molar-refractivity contribution in [2.75, 3.05) is 19.6 Å². The highest BCUT2D eigenvalue weighted by Crippen LogP contribution is 2.25. The minimum Gasteiger partial charge on any atom is -0.460 e. The molecule has 1 amide bonds. The lowest BCUT2D eigenvalue weighted by Gasteiger charge is -2.38. The number of benzene rings is 1. The SMILES string of the molecule is CC(C)CCN(Cc1cc2ccccc2o1)C1CCN(C(=O)OC(C)(C)C)CC1. The van der Waals surface area contributed by atoms with Crippen LogP contribution >= 0.6 is 0 Å². The maximum Gasteiger partial charge on any atom is 0.410 e. The van der Waals surface area contributed by atoms with Crippen LogP contribution in [0, 0.1) is 5.92 Å². The van der Waals surface area contributed by atoms with Crippen LogP contribution in [0.5, 0.6) is 0 Å². The zero-order valence-corrected chi connectivity index (χ0v) is 18.6. The summed E-state index contributed by atoms with van der Waals surface area (Å²) in [4.78, 5) is 16.8. The zero-order valence-electron chi connectivity index (χ0n) is 18.6. The third-order valence-electron chi connectivity index (χ3n) is 5.46. The normalized spacial score (nSPS) is 16.2. The van der Waals surface area contributed by atoms with Gasteiger partial charge < -0.3 is 14.1 Å². The van der Waals surface area contributed by atoms with Gasteiger partial charge in [-0.15, -0.1) is 0 Å². The van der Waals surface area contributed by atoms with Crippen molar-refractivity contribution in [3.8, 4) is 0 Å². The maximum absolute atomic E-state index is 12.4. The molecule has 1 aliphatic rings. The summed E-state index contributed by atoms with van der Waals surface area (Å²) in [6.07, 6.45) is 2.91. The summed E-state index contributed by atoms with van der Waals surface area (Å²) in [6.45, 7) is 13.6. The molecule has 0 bridgehead atoms. The smallest absolute Gasteiger partial charge is 0.410 e. The van der Waals surface area contributed by atoms with Crippen LogP contribution in [0.1, 0.15) is 59.6 Å². The van der Waals surface area contributed by atoms with Gasteiger partial charge in [0.1, 0.15) is 16.9 Å². The fraction of sp³-hybridized carbons (Fsp3) is 0.625. The Labute approximate surface area is 175 Å². The van der Waals surface area contributed by atoms with Crippen molar-refractivity contribution in [1.82, 2.24) is 9.80 Å². The number of fused-ring (bicyclic) bond motifs is 1. The molecule has 0 unspecified atom stereocenters. The van der Waals surface area contributed by atoms with Gasteiger partial charge in [0.05, 0.1) is 6.54 Å². The number of rotatable bonds is 6. The summed E-state index contributed by atoms with van der Waals surface area (Å²) in [5, 5.41) is 1.16. The molecule has 0 spiro atoms. The number of likely N-dealkylation sites (tertiary alicyclic amines) is 1. The van der Waals surface area contributed by atoms with Crippen molar-refractivity contribution in [3.63, 3.8) is 0 Å². The predicted molar refractivity (Wildman–Crippen MR) is 117 cm³/mol. The molecule has 0 atom stereocenters. The first-order valence-corrected chi connectivity index (χ1v) is 10.9. The highest BCUT2D eigenvalue weighted by molar-refractivity contribution is 5.77. The average Bonchev–Trinajstić information content (AvgIpc) is 3.06. The number of ether oxygens (including phenoxy) is 1. The number of hydrogen-bond acceptors (Lipinski definition) is 4. The highest BCUT2D eigenvalue weighted by atomic mass is 16.6. The van der Waals surface area contributed by atoms with Crippen molar-refractivity contribution >= 4 is 17.1 Å². The van der Waals surface area contributed by atoms with Crippen LogP contribution in [-0.4, -0.2) is 47.2 Å². The van der Waals surface area contributed by atoms with Gasteiger partial charge in [0.15, 0.2) is 0 Å². The summed E-state index contributed by atoms with van der Waals surface area (Å²) in [6, 6.07) is 10.8. The number of amides is 1. The molecule has 1 saturated heterocycles. The molecule has 0 radical (unpaired) electrons. The van der Waals surface area contributed by atoms with Gasteiger partial charge in [-0.3, -0.25) is 4.90 Å². The van der Waals surface area contributed by atoms with Gasteiger partial charge >= 0.3 is 6.09 Å². The topological polar surface area (TPSA) is 45.9 Å². The summed E-state index contributed by atoms with van der Waals surface area (Å²) in [5.74, 6) is 1.68. The maximum atomic E-state index is 12.4. The van der Waals surface area contributed by atoms with Gasteiger partial charge in [-0.05, 0) is 64.6 Å². The Bertz CT molecular complexity index is 765. The van der Waals surface area contributed by atoms with Crippen molar-refractivity contribution in [3.05, 3.63) is 36.1 Å². The molecule has 5 heteroatoms. The first-order valence-electron chi connectivity index (χ1n) is 10.9. The molecule has 1 aromatic carbocycles. The van der Waals surface area contributed by atoms with E-state index >= 15 is 0 Å². The molecule has 2 heterocycles. The molecule has 29 heavy (non-hydrogen) atoms. The molecule has 0 saturated carbocycles. The van der Waals surface area contributed by atoms with E-state index in [1.165, 1.54) is 0 Å². The third-order valence-corrected chi connectivity index (χ3v) is 5.46. The van der Waals surface area contributed by atoms with E-state index in [4.69, 9.17) is 9.15 Å². The van der Waals surface area contributed by atoms with Crippen molar-refractivity contribution in [1.29, 1.82) is 0 Å². The molecule has 5 nitrogen and oxygen atoms in total. The van der Waals surface area contributed by atoms with E-state index < -0.39 is 5.60 Å². The number of furan rings is 1. The number of para-hydroxylation sites is 1. The summed E-state index contributed by atoms with van der Waals surface area (Å²) in [7, 11) is 0. The largest absolute Gasteiger partial charge is 0.460 e. The number of hydrogen-bond donors (Lipinski definition) is 0. The van der Waals surface area contributed by atoms with Crippen LogP contribution in [0.25, 0.3) is 11.0 Å². The number of nitrogens with zero attached hydrogens (tertiary/aromatic N) is 2. The summed E-state index contributed by atoms with van der Waals surface area (Å²) >= 11 is 0. The summed E-state index contributed by atoms with van der Waals surface area (Å²) in [5.41, 5.74) is 0.504. The van der Waals surface area contributed by atoms with Crippen molar-refractivity contribution in [2.45, 2.75) is 72.1 Å². The van der Waals surface area contributed by atoms with Crippen LogP contribution < -0.4 is 0 Å². The second-order valence-electron chi connectivity index (χ2n) is 9.60. The van der Waals surface area contributed by atoms with E-state index in [-0.39, 0.29) is 6.09 Å². The van der Waals surface area contributed by atoms with Gasteiger partial charge in [-0.2, -0.15) is 0 Å². The first kappa shape index (κ1) is 21.7. The van der Waals surface area contributed by atoms with Gasteiger partial charge in [0.2, 0.25) is 0 Å². The Hall–Kier alpha value is -2.01. The lowest BCUT2D eigenvalue weighted by atomic mass is 10.0. The van der Waals surface area contributed by atoms with Crippen molar-refractivity contribution < 1.29 is 13.9 Å². The highest BCUT2D eigenvalue weighted by Gasteiger charge is 2.30. The third kappa shape index (κ3) is 6.23. The minimum atomic E-state index is -0.446. The molecular weight excluding hydrogens is 364 g/mol. The molecule has 1 aromatic heterocycles. The number of carbonyl (C=O) groups is 1. The van der Waals surface area contributed by atoms with Crippen LogP contribution in [0.2, 0.25) is 0 Å². The lowest BCUT2D eigenvalue weighted by Crippen LogP contribution is -2.48. The Balaban J connectivity index is 1.63. The molecule has 3 rings (SSSR count). The second-order valence-corrected chi connectivity index (χ2v) is 9.60. The van der Waals surface area contributed by atoms with Crippen molar-refractivity contribution in [2.24, 2.45) is 5.92 Å². The molecular formula is C24H36N2O3. The van der Waals surface area contributed by atoms with Crippen LogP contribution in [-0.2, 0) is 11.3 Å². The van der Waals surface area contributed by atoms with E-state index in [0.29, 0.717) is 12.0 Å². The molecule has 0 aliphatic carbocycles. The molecule has 1 fully saturated rings. The van der Waals surface area contributed by atoms with Crippen LogP contribution in [0.3, 0.4) is 0 Å². The van der Waals surface area contributed by atoms with E-state index in [0.717, 1.165) is 62.2 Å². The molecule has 0 N–H and O–H groups in total. The number of carbonyl (C=O) groups excluding carboxylic acids is 1. The van der Waals surface area contributed by atoms with Gasteiger partial charge in [-0.1, -0.05) is 32.0 Å². The lowest BCUT2D eigenvalue weighted by molar-refractivity contribution is 0.0130. The Kier molecular flexibility index (Phi) is 6.89. The van der Waals surface area contributed by atoms with Gasteiger partial charge in [-0.25, -0.2) is 4.79 Å².